The lowest BCUT2D eigenvalue weighted by atomic mass is 9.79. The minimum Gasteiger partial charge on any atom is -0.396 e. The topological polar surface area (TPSA) is 77.0 Å². The van der Waals surface area contributed by atoms with E-state index in [4.69, 9.17) is 4.99 Å². The minimum atomic E-state index is 0.0904. The maximum atomic E-state index is 11.9. The van der Waals surface area contributed by atoms with E-state index in [9.17, 15) is 9.90 Å². The fourth-order valence-corrected chi connectivity index (χ4v) is 3.88. The molecule has 1 aliphatic heterocycles. The highest BCUT2D eigenvalue weighted by molar-refractivity contribution is 5.79. The van der Waals surface area contributed by atoms with Gasteiger partial charge >= 0.3 is 0 Å². The lowest BCUT2D eigenvalue weighted by molar-refractivity contribution is -0.128. The molecule has 1 aromatic carbocycles. The fraction of sp³-hybridized carbons (Fsp3) is 0.652. The number of guanidine groups is 1. The van der Waals surface area contributed by atoms with Gasteiger partial charge in [-0.25, -0.2) is 4.99 Å². The van der Waals surface area contributed by atoms with E-state index in [0.717, 1.165) is 62.4 Å². The van der Waals surface area contributed by atoms with Crippen molar-refractivity contribution in [2.45, 2.75) is 66.0 Å². The Hall–Kier alpha value is -2.08. The molecule has 0 saturated carbocycles. The van der Waals surface area contributed by atoms with Crippen LogP contribution < -0.4 is 10.6 Å². The predicted octanol–water partition coefficient (Wildman–Crippen LogP) is 3.05. The van der Waals surface area contributed by atoms with Gasteiger partial charge in [-0.15, -0.1) is 0 Å². The fourth-order valence-electron chi connectivity index (χ4n) is 3.88. The number of carbonyl (C=O) groups excluding carboxylic acids is 1. The van der Waals surface area contributed by atoms with Crippen LogP contribution in [0.3, 0.4) is 0 Å². The average molecular weight is 403 g/mol. The van der Waals surface area contributed by atoms with Crippen LogP contribution in [0.25, 0.3) is 0 Å². The van der Waals surface area contributed by atoms with Crippen LogP contribution in [0.1, 0.15) is 64.0 Å². The third kappa shape index (κ3) is 7.03. The van der Waals surface area contributed by atoms with Gasteiger partial charge in [0.2, 0.25) is 5.91 Å². The summed E-state index contributed by atoms with van der Waals surface area (Å²) in [4.78, 5) is 18.6. The average Bonchev–Trinajstić information content (AvgIpc) is 3.14. The zero-order chi connectivity index (χ0) is 21.1. The normalized spacial score (nSPS) is 15.1. The minimum absolute atomic E-state index is 0.0904. The number of nitrogens with one attached hydrogen (secondary N) is 2. The van der Waals surface area contributed by atoms with Gasteiger partial charge in [0.15, 0.2) is 5.96 Å². The largest absolute Gasteiger partial charge is 0.396 e. The highest BCUT2D eigenvalue weighted by atomic mass is 16.3. The van der Waals surface area contributed by atoms with Crippen molar-refractivity contribution in [2.24, 2.45) is 10.4 Å². The zero-order valence-electron chi connectivity index (χ0n) is 18.3. The van der Waals surface area contributed by atoms with Gasteiger partial charge in [-0.05, 0) is 49.1 Å². The predicted molar refractivity (Wildman–Crippen MR) is 119 cm³/mol. The second-order valence-electron chi connectivity index (χ2n) is 7.97. The molecule has 3 N–H and O–H groups in total. The lowest BCUT2D eigenvalue weighted by Crippen LogP contribution is -2.43. The van der Waals surface area contributed by atoms with E-state index in [-0.39, 0.29) is 17.9 Å². The highest BCUT2D eigenvalue weighted by Crippen LogP contribution is 2.29. The zero-order valence-corrected chi connectivity index (χ0v) is 18.3. The van der Waals surface area contributed by atoms with Crippen molar-refractivity contribution in [2.75, 3.05) is 26.2 Å². The summed E-state index contributed by atoms with van der Waals surface area (Å²) in [6.45, 7) is 10.4. The summed E-state index contributed by atoms with van der Waals surface area (Å²) in [6, 6.07) is 8.35. The molecule has 1 aromatic rings. The molecule has 0 radical (unpaired) electrons. The van der Waals surface area contributed by atoms with Crippen LogP contribution in [-0.4, -0.2) is 48.1 Å². The number of aliphatic hydroxyl groups is 1. The summed E-state index contributed by atoms with van der Waals surface area (Å²) in [5.74, 6) is 1.06. The first-order valence-corrected chi connectivity index (χ1v) is 11.0. The van der Waals surface area contributed by atoms with E-state index in [0.29, 0.717) is 19.5 Å². The van der Waals surface area contributed by atoms with Crippen LogP contribution in [0.5, 0.6) is 0 Å². The van der Waals surface area contributed by atoms with Crippen molar-refractivity contribution in [1.29, 1.82) is 0 Å². The molecule has 0 atom stereocenters. The van der Waals surface area contributed by atoms with Crippen molar-refractivity contribution in [1.82, 2.24) is 15.5 Å². The van der Waals surface area contributed by atoms with Gasteiger partial charge in [0.1, 0.15) is 0 Å². The summed E-state index contributed by atoms with van der Waals surface area (Å²) < 4.78 is 0. The molecule has 6 heteroatoms. The molecule has 0 aliphatic carbocycles. The molecule has 1 amide bonds. The number of likely N-dealkylation sites (tertiary alicyclic amines) is 1. The van der Waals surface area contributed by atoms with Crippen LogP contribution in [0, 0.1) is 5.41 Å². The van der Waals surface area contributed by atoms with Crippen LogP contribution in [0.2, 0.25) is 0 Å². The molecule has 1 heterocycles. The van der Waals surface area contributed by atoms with E-state index in [1.807, 2.05) is 11.0 Å². The number of nitrogens with zero attached hydrogens (tertiary/aromatic N) is 2. The molecule has 6 nitrogen and oxygen atoms in total. The number of hydrogen-bond acceptors (Lipinski definition) is 3. The van der Waals surface area contributed by atoms with Gasteiger partial charge < -0.3 is 20.6 Å². The van der Waals surface area contributed by atoms with E-state index in [2.05, 4.69) is 49.6 Å². The van der Waals surface area contributed by atoms with Gasteiger partial charge in [-0.1, -0.05) is 38.1 Å². The Kier molecular flexibility index (Phi) is 9.45. The Morgan fingerprint density at radius 3 is 2.59 bits per heavy atom. The lowest BCUT2D eigenvalue weighted by Gasteiger charge is -2.32. The number of aliphatic hydroxyl groups excluding tert-OH is 1. The Balaban J connectivity index is 2.00. The Morgan fingerprint density at radius 2 is 1.97 bits per heavy atom. The standard InChI is InChI=1S/C23H38N4O2/c1-4-23(5-2,12-14-28)18-26-22(24-6-3)25-16-19-9-7-10-20(15-19)17-27-13-8-11-21(27)29/h7,9-10,15,28H,4-6,8,11-14,16-18H2,1-3H3,(H2,24,25,26). The van der Waals surface area contributed by atoms with Crippen LogP contribution in [-0.2, 0) is 17.9 Å². The van der Waals surface area contributed by atoms with Crippen molar-refractivity contribution >= 4 is 11.9 Å². The maximum Gasteiger partial charge on any atom is 0.222 e. The monoisotopic (exact) mass is 402 g/mol. The van der Waals surface area contributed by atoms with E-state index in [1.54, 1.807) is 0 Å². The number of hydrogen-bond donors (Lipinski definition) is 3. The first kappa shape index (κ1) is 23.2. The molecule has 1 fully saturated rings. The molecule has 2 rings (SSSR count). The van der Waals surface area contributed by atoms with Crippen LogP contribution >= 0.6 is 0 Å². The number of rotatable bonds is 11. The SMILES string of the molecule is CCNC(=NCc1cccc(CN2CCCC2=O)c1)NCC(CC)(CC)CCO. The summed E-state index contributed by atoms with van der Waals surface area (Å²) >= 11 is 0. The van der Waals surface area contributed by atoms with E-state index in [1.165, 1.54) is 0 Å². The summed E-state index contributed by atoms with van der Waals surface area (Å²) in [7, 11) is 0. The Labute approximate surface area is 175 Å². The van der Waals surface area contributed by atoms with Gasteiger partial charge in [0.25, 0.3) is 0 Å². The molecular formula is C23H38N4O2. The van der Waals surface area contributed by atoms with Gasteiger partial charge in [0, 0.05) is 39.2 Å². The van der Waals surface area contributed by atoms with Crippen molar-refractivity contribution in [3.8, 4) is 0 Å². The van der Waals surface area contributed by atoms with Gasteiger partial charge in [-0.3, -0.25) is 4.79 Å². The third-order valence-corrected chi connectivity index (χ3v) is 6.07. The van der Waals surface area contributed by atoms with Crippen molar-refractivity contribution < 1.29 is 9.90 Å². The molecule has 162 valence electrons. The molecule has 0 bridgehead atoms. The van der Waals surface area contributed by atoms with Gasteiger partial charge in [0.05, 0.1) is 6.54 Å². The van der Waals surface area contributed by atoms with E-state index < -0.39 is 0 Å². The maximum absolute atomic E-state index is 11.9. The molecule has 0 unspecified atom stereocenters. The summed E-state index contributed by atoms with van der Waals surface area (Å²) in [5.41, 5.74) is 2.39. The van der Waals surface area contributed by atoms with E-state index >= 15 is 0 Å². The molecule has 0 spiro atoms. The highest BCUT2D eigenvalue weighted by Gasteiger charge is 2.25. The quantitative estimate of drug-likeness (QED) is 0.393. The molecule has 0 aromatic heterocycles. The Morgan fingerprint density at radius 1 is 1.21 bits per heavy atom. The molecular weight excluding hydrogens is 364 g/mol. The first-order chi connectivity index (χ1) is 14.1. The molecule has 1 aliphatic rings. The molecule has 1 saturated heterocycles. The Bertz CT molecular complexity index is 671. The number of aliphatic imine (C=N–C) groups is 1. The summed E-state index contributed by atoms with van der Waals surface area (Å²) in [5, 5.41) is 16.2. The second-order valence-corrected chi connectivity index (χ2v) is 7.97. The third-order valence-electron chi connectivity index (χ3n) is 6.07. The second kappa shape index (κ2) is 11.8. The number of carbonyl (C=O) groups is 1. The first-order valence-electron chi connectivity index (χ1n) is 11.0. The molecule has 29 heavy (non-hydrogen) atoms. The number of benzene rings is 1. The van der Waals surface area contributed by atoms with Crippen LogP contribution in [0.15, 0.2) is 29.3 Å². The van der Waals surface area contributed by atoms with Crippen molar-refractivity contribution in [3.05, 3.63) is 35.4 Å². The van der Waals surface area contributed by atoms with Crippen LogP contribution in [0.4, 0.5) is 0 Å². The van der Waals surface area contributed by atoms with Crippen molar-refractivity contribution in [3.63, 3.8) is 0 Å². The summed E-state index contributed by atoms with van der Waals surface area (Å²) in [6.07, 6.45) is 4.48. The van der Waals surface area contributed by atoms with Gasteiger partial charge in [-0.2, -0.15) is 0 Å². The smallest absolute Gasteiger partial charge is 0.222 e. The number of amides is 1.